The molecule has 1 amide bonds. The van der Waals surface area contributed by atoms with Crippen molar-refractivity contribution in [2.24, 2.45) is 16.7 Å². The summed E-state index contributed by atoms with van der Waals surface area (Å²) < 4.78 is 0. The monoisotopic (exact) mass is 253 g/mol. The molecule has 2 saturated carbocycles. The minimum atomic E-state index is -0.843. The van der Waals surface area contributed by atoms with Crippen LogP contribution in [0.2, 0.25) is 0 Å². The van der Waals surface area contributed by atoms with Gasteiger partial charge in [-0.15, -0.1) is 0 Å². The summed E-state index contributed by atoms with van der Waals surface area (Å²) in [5.74, 6) is -0.0116. The summed E-state index contributed by atoms with van der Waals surface area (Å²) in [5.41, 5.74) is -0.0567. The van der Waals surface area contributed by atoms with Gasteiger partial charge >= 0.3 is 5.97 Å². The molecule has 2 N–H and O–H groups in total. The molecule has 0 atom stereocenters. The number of hydrogen-bond donors (Lipinski definition) is 2. The van der Waals surface area contributed by atoms with Gasteiger partial charge < -0.3 is 10.4 Å². The predicted molar refractivity (Wildman–Crippen MR) is 68.1 cm³/mol. The zero-order valence-corrected chi connectivity index (χ0v) is 11.3. The number of nitrogens with one attached hydrogen (secondary N) is 1. The summed E-state index contributed by atoms with van der Waals surface area (Å²) in [4.78, 5) is 22.5. The molecule has 2 fully saturated rings. The first-order valence-electron chi connectivity index (χ1n) is 6.82. The molecule has 18 heavy (non-hydrogen) atoms. The van der Waals surface area contributed by atoms with Gasteiger partial charge in [-0.3, -0.25) is 9.59 Å². The van der Waals surface area contributed by atoms with Crippen LogP contribution in [0.4, 0.5) is 0 Å². The summed E-state index contributed by atoms with van der Waals surface area (Å²) in [6, 6.07) is 0. The average molecular weight is 253 g/mol. The maximum Gasteiger partial charge on any atom is 0.303 e. The smallest absolute Gasteiger partial charge is 0.303 e. The van der Waals surface area contributed by atoms with E-state index in [2.05, 4.69) is 5.32 Å². The molecule has 0 saturated heterocycles. The Labute approximate surface area is 108 Å². The van der Waals surface area contributed by atoms with Crippen molar-refractivity contribution in [2.45, 2.75) is 52.4 Å². The van der Waals surface area contributed by atoms with E-state index in [0.717, 1.165) is 12.5 Å². The quantitative estimate of drug-likeness (QED) is 0.731. The van der Waals surface area contributed by atoms with E-state index in [-0.39, 0.29) is 12.3 Å². The molecule has 0 aliphatic heterocycles. The average Bonchev–Trinajstić information content (AvgIpc) is 3.06. The van der Waals surface area contributed by atoms with Gasteiger partial charge in [-0.2, -0.15) is 0 Å². The fourth-order valence-corrected chi connectivity index (χ4v) is 2.83. The second kappa shape index (κ2) is 4.56. The topological polar surface area (TPSA) is 66.4 Å². The number of rotatable bonds is 7. The van der Waals surface area contributed by atoms with Crippen LogP contribution in [0.25, 0.3) is 0 Å². The third-order valence-corrected chi connectivity index (χ3v) is 4.24. The number of aliphatic carboxylic acids is 1. The molecule has 0 aromatic heterocycles. The molecule has 0 spiro atoms. The van der Waals surface area contributed by atoms with Crippen molar-refractivity contribution in [2.75, 3.05) is 6.54 Å². The maximum atomic E-state index is 11.9. The second-order valence-electron chi connectivity index (χ2n) is 6.82. The summed E-state index contributed by atoms with van der Waals surface area (Å²) in [7, 11) is 0. The molecular weight excluding hydrogens is 230 g/mol. The van der Waals surface area contributed by atoms with Crippen molar-refractivity contribution >= 4 is 11.9 Å². The van der Waals surface area contributed by atoms with E-state index in [1.54, 1.807) is 0 Å². The van der Waals surface area contributed by atoms with Crippen LogP contribution < -0.4 is 5.32 Å². The second-order valence-corrected chi connectivity index (χ2v) is 6.82. The highest BCUT2D eigenvalue weighted by Crippen LogP contribution is 2.60. The van der Waals surface area contributed by atoms with E-state index in [0.29, 0.717) is 11.8 Å². The van der Waals surface area contributed by atoms with Crippen LogP contribution in [0, 0.1) is 16.7 Å². The number of amides is 1. The molecule has 2 aliphatic rings. The number of carbonyl (C=O) groups is 2. The molecule has 2 aliphatic carbocycles. The first-order valence-corrected chi connectivity index (χ1v) is 6.82. The fraction of sp³-hybridized carbons (Fsp3) is 0.857. The van der Waals surface area contributed by atoms with Gasteiger partial charge in [0.05, 0.1) is 6.42 Å². The number of carboxylic acids is 1. The molecule has 0 aromatic rings. The Morgan fingerprint density at radius 2 is 1.89 bits per heavy atom. The Kier molecular flexibility index (Phi) is 3.39. The van der Waals surface area contributed by atoms with E-state index >= 15 is 0 Å². The van der Waals surface area contributed by atoms with Crippen molar-refractivity contribution < 1.29 is 14.7 Å². The molecule has 0 heterocycles. The van der Waals surface area contributed by atoms with Gasteiger partial charge in [0.15, 0.2) is 0 Å². The molecule has 0 aromatic carbocycles. The van der Waals surface area contributed by atoms with Gasteiger partial charge in [0.1, 0.15) is 0 Å². The lowest BCUT2D eigenvalue weighted by molar-refractivity contribution is -0.139. The molecule has 0 radical (unpaired) electrons. The zero-order valence-electron chi connectivity index (χ0n) is 11.3. The first-order chi connectivity index (χ1) is 8.33. The van der Waals surface area contributed by atoms with Crippen LogP contribution in [0.1, 0.15) is 52.4 Å². The molecule has 4 nitrogen and oxygen atoms in total. The molecule has 0 unspecified atom stereocenters. The van der Waals surface area contributed by atoms with Gasteiger partial charge in [-0.25, -0.2) is 0 Å². The lowest BCUT2D eigenvalue weighted by Crippen LogP contribution is -2.34. The highest BCUT2D eigenvalue weighted by molar-refractivity contribution is 5.78. The fourth-order valence-electron chi connectivity index (χ4n) is 2.83. The Bertz CT molecular complexity index is 354. The van der Waals surface area contributed by atoms with Crippen molar-refractivity contribution in [3.8, 4) is 0 Å². The maximum absolute atomic E-state index is 11.9. The van der Waals surface area contributed by atoms with Crippen LogP contribution >= 0.6 is 0 Å². The first kappa shape index (κ1) is 13.4. The van der Waals surface area contributed by atoms with Crippen molar-refractivity contribution in [1.82, 2.24) is 5.32 Å². The molecular formula is C14H23NO3. The minimum Gasteiger partial charge on any atom is -0.481 e. The van der Waals surface area contributed by atoms with Crippen LogP contribution in [-0.2, 0) is 9.59 Å². The number of hydrogen-bond acceptors (Lipinski definition) is 2. The largest absolute Gasteiger partial charge is 0.481 e. The van der Waals surface area contributed by atoms with E-state index in [1.807, 2.05) is 13.8 Å². The lowest BCUT2D eigenvalue weighted by atomic mass is 9.85. The Morgan fingerprint density at radius 3 is 2.33 bits per heavy atom. The van der Waals surface area contributed by atoms with Gasteiger partial charge in [0, 0.05) is 13.0 Å². The predicted octanol–water partition coefficient (Wildman–Crippen LogP) is 2.18. The summed E-state index contributed by atoms with van der Waals surface area (Å²) >= 11 is 0. The van der Waals surface area contributed by atoms with Crippen molar-refractivity contribution in [1.29, 1.82) is 0 Å². The molecule has 102 valence electrons. The highest BCUT2D eigenvalue weighted by Gasteiger charge is 2.53. The Hall–Kier alpha value is -1.06. The van der Waals surface area contributed by atoms with Crippen LogP contribution in [0.5, 0.6) is 0 Å². The van der Waals surface area contributed by atoms with E-state index < -0.39 is 11.4 Å². The highest BCUT2D eigenvalue weighted by atomic mass is 16.4. The van der Waals surface area contributed by atoms with E-state index in [9.17, 15) is 9.59 Å². The summed E-state index contributed by atoms with van der Waals surface area (Å²) in [6.45, 7) is 4.45. The van der Waals surface area contributed by atoms with Gasteiger partial charge in [-0.1, -0.05) is 13.8 Å². The molecule has 0 bridgehead atoms. The third-order valence-electron chi connectivity index (χ3n) is 4.24. The Morgan fingerprint density at radius 1 is 1.28 bits per heavy atom. The standard InChI is InChI=1S/C14H23NO3/c1-13(2,8-12(17)18)7-11(16)15-9-14(5-6-14)10-3-4-10/h10H,3-9H2,1-2H3,(H,15,16)(H,17,18). The lowest BCUT2D eigenvalue weighted by Gasteiger charge is -2.22. The van der Waals surface area contributed by atoms with Crippen molar-refractivity contribution in [3.63, 3.8) is 0 Å². The van der Waals surface area contributed by atoms with E-state index in [4.69, 9.17) is 5.11 Å². The van der Waals surface area contributed by atoms with Crippen LogP contribution in [-0.4, -0.2) is 23.5 Å². The SMILES string of the molecule is CC(C)(CC(=O)O)CC(=O)NCC1(C2CC2)CC1. The number of carboxylic acid groups (broad SMARTS) is 1. The summed E-state index contributed by atoms with van der Waals surface area (Å²) in [5, 5.41) is 11.8. The molecule has 4 heteroatoms. The minimum absolute atomic E-state index is 0.00632. The van der Waals surface area contributed by atoms with Gasteiger partial charge in [-0.05, 0) is 42.4 Å². The Balaban J connectivity index is 1.73. The van der Waals surface area contributed by atoms with Gasteiger partial charge in [0.25, 0.3) is 0 Å². The number of carbonyl (C=O) groups excluding carboxylic acids is 1. The van der Waals surface area contributed by atoms with Crippen LogP contribution in [0.15, 0.2) is 0 Å². The van der Waals surface area contributed by atoms with Gasteiger partial charge in [0.2, 0.25) is 5.91 Å². The molecule has 2 rings (SSSR count). The third kappa shape index (κ3) is 3.47. The van der Waals surface area contributed by atoms with E-state index in [1.165, 1.54) is 25.7 Å². The normalized spacial score (nSPS) is 21.4. The zero-order chi connectivity index (χ0) is 13.4. The van der Waals surface area contributed by atoms with Crippen LogP contribution in [0.3, 0.4) is 0 Å². The summed E-state index contributed by atoms with van der Waals surface area (Å²) in [6.07, 6.45) is 5.46. The van der Waals surface area contributed by atoms with Crippen molar-refractivity contribution in [3.05, 3.63) is 0 Å².